The molecule has 0 N–H and O–H groups in total. The zero-order valence-corrected chi connectivity index (χ0v) is 11.6. The molecule has 1 aromatic carbocycles. The lowest BCUT2D eigenvalue weighted by molar-refractivity contribution is -0.135. The van der Waals surface area contributed by atoms with Crippen molar-refractivity contribution in [3.63, 3.8) is 0 Å². The van der Waals surface area contributed by atoms with Crippen molar-refractivity contribution in [2.45, 2.75) is 31.5 Å². The summed E-state index contributed by atoms with van der Waals surface area (Å²) in [4.78, 5) is 18.9. The number of hydrogen-bond acceptors (Lipinski definition) is 3. The summed E-state index contributed by atoms with van der Waals surface area (Å²) in [5, 5.41) is 0. The van der Waals surface area contributed by atoms with Crippen LogP contribution in [0.1, 0.15) is 17.5 Å². The molecule has 0 spiro atoms. The van der Waals surface area contributed by atoms with E-state index in [0.29, 0.717) is 18.9 Å². The standard InChI is InChI=1S/C16H18N2O2/c1-3-6-13-16(19)18-10-12-8-5-4-7-11(12)9-14(18)15(17-13)20-2/h3-5,7-8,13-14H,1,6,9-10H2,2H3/t13-,14+/m1/s1. The fourth-order valence-electron chi connectivity index (χ4n) is 2.96. The van der Waals surface area contributed by atoms with Gasteiger partial charge in [0.05, 0.1) is 7.11 Å². The number of hydrogen-bond donors (Lipinski definition) is 0. The van der Waals surface area contributed by atoms with E-state index in [1.54, 1.807) is 13.2 Å². The molecule has 2 aliphatic heterocycles. The Kier molecular flexibility index (Phi) is 3.30. The lowest BCUT2D eigenvalue weighted by Gasteiger charge is -2.41. The molecule has 0 aliphatic carbocycles. The van der Waals surface area contributed by atoms with Crippen molar-refractivity contribution in [3.05, 3.63) is 48.0 Å². The van der Waals surface area contributed by atoms with E-state index >= 15 is 0 Å². The van der Waals surface area contributed by atoms with E-state index in [4.69, 9.17) is 4.74 Å². The van der Waals surface area contributed by atoms with Crippen LogP contribution >= 0.6 is 0 Å². The number of benzene rings is 1. The van der Waals surface area contributed by atoms with Crippen molar-refractivity contribution < 1.29 is 9.53 Å². The number of carbonyl (C=O) groups is 1. The summed E-state index contributed by atoms with van der Waals surface area (Å²) in [5.41, 5.74) is 2.49. The predicted octanol–water partition coefficient (Wildman–Crippen LogP) is 1.94. The summed E-state index contributed by atoms with van der Waals surface area (Å²) in [6, 6.07) is 7.79. The molecule has 1 amide bonds. The largest absolute Gasteiger partial charge is 0.483 e. The molecule has 2 heterocycles. The maximum atomic E-state index is 12.5. The van der Waals surface area contributed by atoms with E-state index in [9.17, 15) is 4.79 Å². The SMILES string of the molecule is C=CC[C@H]1N=C(OC)[C@@H]2Cc3ccccc3CN2C1=O. The highest BCUT2D eigenvalue weighted by molar-refractivity contribution is 5.96. The van der Waals surface area contributed by atoms with Gasteiger partial charge in [-0.15, -0.1) is 6.58 Å². The van der Waals surface area contributed by atoms with Gasteiger partial charge in [0.1, 0.15) is 12.1 Å². The van der Waals surface area contributed by atoms with Gasteiger partial charge in [-0.2, -0.15) is 0 Å². The number of aliphatic imine (C=N–C) groups is 1. The Morgan fingerprint density at radius 2 is 2.20 bits per heavy atom. The third kappa shape index (κ3) is 2.01. The number of methoxy groups -OCH3 is 1. The Morgan fingerprint density at radius 1 is 1.45 bits per heavy atom. The minimum atomic E-state index is -0.385. The summed E-state index contributed by atoms with van der Waals surface area (Å²) in [6.45, 7) is 4.33. The molecule has 0 radical (unpaired) electrons. The Bertz CT molecular complexity index is 580. The smallest absolute Gasteiger partial charge is 0.248 e. The second kappa shape index (κ2) is 5.12. The number of carbonyl (C=O) groups excluding carboxylic acids is 1. The van der Waals surface area contributed by atoms with E-state index in [1.165, 1.54) is 11.1 Å². The van der Waals surface area contributed by atoms with E-state index in [-0.39, 0.29) is 18.0 Å². The van der Waals surface area contributed by atoms with Gasteiger partial charge in [-0.3, -0.25) is 4.79 Å². The van der Waals surface area contributed by atoms with Crippen molar-refractivity contribution in [2.24, 2.45) is 4.99 Å². The molecule has 0 unspecified atom stereocenters. The monoisotopic (exact) mass is 270 g/mol. The zero-order valence-electron chi connectivity index (χ0n) is 11.6. The van der Waals surface area contributed by atoms with Gasteiger partial charge in [-0.1, -0.05) is 30.3 Å². The van der Waals surface area contributed by atoms with Gasteiger partial charge in [0.25, 0.3) is 0 Å². The van der Waals surface area contributed by atoms with E-state index in [2.05, 4.69) is 23.7 Å². The van der Waals surface area contributed by atoms with Crippen LogP contribution in [0.2, 0.25) is 0 Å². The van der Waals surface area contributed by atoms with Crippen molar-refractivity contribution in [1.29, 1.82) is 0 Å². The average molecular weight is 270 g/mol. The van der Waals surface area contributed by atoms with Gasteiger partial charge in [-0.25, -0.2) is 4.99 Å². The van der Waals surface area contributed by atoms with Crippen molar-refractivity contribution in [1.82, 2.24) is 4.90 Å². The average Bonchev–Trinajstić information content (AvgIpc) is 2.49. The highest BCUT2D eigenvalue weighted by atomic mass is 16.5. The van der Waals surface area contributed by atoms with Gasteiger partial charge in [0.2, 0.25) is 11.8 Å². The molecule has 0 bridgehead atoms. The fourth-order valence-corrected chi connectivity index (χ4v) is 2.96. The topological polar surface area (TPSA) is 41.9 Å². The summed E-state index contributed by atoms with van der Waals surface area (Å²) in [7, 11) is 1.62. The first-order valence-corrected chi connectivity index (χ1v) is 6.84. The molecule has 0 saturated heterocycles. The minimum absolute atomic E-state index is 0.0662. The number of nitrogens with zero attached hydrogens (tertiary/aromatic N) is 2. The van der Waals surface area contributed by atoms with Crippen molar-refractivity contribution in [3.8, 4) is 0 Å². The maximum Gasteiger partial charge on any atom is 0.248 e. The highest BCUT2D eigenvalue weighted by Crippen LogP contribution is 2.28. The van der Waals surface area contributed by atoms with Crippen LogP contribution < -0.4 is 0 Å². The normalized spacial score (nSPS) is 24.6. The van der Waals surface area contributed by atoms with Crippen LogP contribution in [0.25, 0.3) is 0 Å². The van der Waals surface area contributed by atoms with Gasteiger partial charge in [0, 0.05) is 13.0 Å². The molecule has 1 aromatic rings. The molecule has 2 atom stereocenters. The Hall–Kier alpha value is -2.10. The Balaban J connectivity index is 1.98. The van der Waals surface area contributed by atoms with Crippen LogP contribution in [0, 0.1) is 0 Å². The third-order valence-electron chi connectivity index (χ3n) is 3.98. The van der Waals surface area contributed by atoms with Crippen molar-refractivity contribution in [2.75, 3.05) is 7.11 Å². The van der Waals surface area contributed by atoms with Gasteiger partial charge in [0.15, 0.2) is 0 Å². The molecule has 0 saturated carbocycles. The van der Waals surface area contributed by atoms with Crippen LogP contribution in [-0.2, 0) is 22.5 Å². The summed E-state index contributed by atoms with van der Waals surface area (Å²) < 4.78 is 5.42. The number of ether oxygens (including phenoxy) is 1. The van der Waals surface area contributed by atoms with Gasteiger partial charge < -0.3 is 9.64 Å². The quantitative estimate of drug-likeness (QED) is 0.771. The van der Waals surface area contributed by atoms with Crippen LogP contribution in [0.4, 0.5) is 0 Å². The summed E-state index contributed by atoms with van der Waals surface area (Å²) in [5.74, 6) is 0.733. The van der Waals surface area contributed by atoms with E-state index < -0.39 is 0 Å². The molecule has 2 aliphatic rings. The molecule has 104 valence electrons. The van der Waals surface area contributed by atoms with E-state index in [0.717, 1.165) is 6.42 Å². The molecule has 0 fully saturated rings. The van der Waals surface area contributed by atoms with E-state index in [1.807, 2.05) is 17.0 Å². The summed E-state index contributed by atoms with van der Waals surface area (Å²) in [6.07, 6.45) is 3.06. The van der Waals surface area contributed by atoms with Gasteiger partial charge in [-0.05, 0) is 17.5 Å². The molecular weight excluding hydrogens is 252 g/mol. The third-order valence-corrected chi connectivity index (χ3v) is 3.98. The van der Waals surface area contributed by atoms with Crippen LogP contribution in [0.5, 0.6) is 0 Å². The Morgan fingerprint density at radius 3 is 2.90 bits per heavy atom. The molecular formula is C16H18N2O2. The molecule has 4 heteroatoms. The number of fused-ring (bicyclic) bond motifs is 2. The minimum Gasteiger partial charge on any atom is -0.483 e. The number of rotatable bonds is 2. The lowest BCUT2D eigenvalue weighted by Crippen LogP contribution is -2.55. The Labute approximate surface area is 118 Å². The second-order valence-corrected chi connectivity index (χ2v) is 5.17. The first-order valence-electron chi connectivity index (χ1n) is 6.84. The maximum absolute atomic E-state index is 12.5. The molecule has 0 aromatic heterocycles. The fraction of sp³-hybridized carbons (Fsp3) is 0.375. The van der Waals surface area contributed by atoms with Crippen molar-refractivity contribution >= 4 is 11.8 Å². The van der Waals surface area contributed by atoms with Gasteiger partial charge >= 0.3 is 0 Å². The number of amides is 1. The summed E-state index contributed by atoms with van der Waals surface area (Å²) >= 11 is 0. The lowest BCUT2D eigenvalue weighted by atomic mass is 9.91. The predicted molar refractivity (Wildman–Crippen MR) is 77.5 cm³/mol. The molecule has 4 nitrogen and oxygen atoms in total. The molecule has 20 heavy (non-hydrogen) atoms. The second-order valence-electron chi connectivity index (χ2n) is 5.17. The molecule has 3 rings (SSSR count). The van der Waals surface area contributed by atoms with Crippen LogP contribution in [0.15, 0.2) is 41.9 Å². The highest BCUT2D eigenvalue weighted by Gasteiger charge is 2.40. The van der Waals surface area contributed by atoms with Crippen LogP contribution in [0.3, 0.4) is 0 Å². The van der Waals surface area contributed by atoms with Crippen LogP contribution in [-0.4, -0.2) is 35.9 Å². The first kappa shape index (κ1) is 12.9. The zero-order chi connectivity index (χ0) is 14.1. The first-order chi connectivity index (χ1) is 9.74.